The zero-order chi connectivity index (χ0) is 15.0. The molecule has 21 heavy (non-hydrogen) atoms. The van der Waals surface area contributed by atoms with Gasteiger partial charge in [0.05, 0.1) is 18.6 Å². The van der Waals surface area contributed by atoms with Crippen molar-refractivity contribution in [3.63, 3.8) is 0 Å². The van der Waals surface area contributed by atoms with E-state index in [1.54, 1.807) is 0 Å². The molecule has 3 heterocycles. The number of fused-ring (bicyclic) bond motifs is 3. The highest BCUT2D eigenvalue weighted by Crippen LogP contribution is 2.41. The number of likely N-dealkylation sites (tertiary alicyclic amines) is 1. The molecule has 3 fully saturated rings. The Morgan fingerprint density at radius 3 is 2.90 bits per heavy atom. The first-order valence-electron chi connectivity index (χ1n) is 8.68. The van der Waals surface area contributed by atoms with Crippen LogP contribution in [0.3, 0.4) is 0 Å². The molecule has 120 valence electrons. The van der Waals surface area contributed by atoms with Crippen LogP contribution in [0.4, 0.5) is 0 Å². The van der Waals surface area contributed by atoms with Crippen LogP contribution in [0.2, 0.25) is 0 Å². The third-order valence-electron chi connectivity index (χ3n) is 5.71. The van der Waals surface area contributed by atoms with Crippen molar-refractivity contribution in [1.82, 2.24) is 10.2 Å². The van der Waals surface area contributed by atoms with E-state index in [-0.39, 0.29) is 12.0 Å². The van der Waals surface area contributed by atoms with Crippen LogP contribution in [0.15, 0.2) is 0 Å². The van der Waals surface area contributed by atoms with E-state index in [2.05, 4.69) is 19.2 Å². The topological polar surface area (TPSA) is 41.6 Å². The number of carbonyl (C=O) groups excluding carboxylic acids is 1. The van der Waals surface area contributed by atoms with Crippen molar-refractivity contribution in [2.75, 3.05) is 26.7 Å². The van der Waals surface area contributed by atoms with Crippen LogP contribution >= 0.6 is 0 Å². The van der Waals surface area contributed by atoms with Gasteiger partial charge in [0.15, 0.2) is 0 Å². The SMILES string of the molecule is CC(C)C[C@H]1OC[C@@H]2C(=O)N(C)CC[C@@H]2[C@@H]2CCCN[C@@H]21. The minimum absolute atomic E-state index is 0.0910. The summed E-state index contributed by atoms with van der Waals surface area (Å²) in [4.78, 5) is 14.4. The van der Waals surface area contributed by atoms with Crippen LogP contribution in [-0.2, 0) is 9.53 Å². The van der Waals surface area contributed by atoms with Gasteiger partial charge in [-0.1, -0.05) is 13.8 Å². The molecule has 5 atom stereocenters. The fraction of sp³-hybridized carbons (Fsp3) is 0.941. The first-order chi connectivity index (χ1) is 10.1. The summed E-state index contributed by atoms with van der Waals surface area (Å²) < 4.78 is 6.26. The lowest BCUT2D eigenvalue weighted by molar-refractivity contribution is -0.143. The van der Waals surface area contributed by atoms with Gasteiger partial charge in [0.25, 0.3) is 0 Å². The number of carbonyl (C=O) groups is 1. The number of amides is 1. The molecule has 0 aromatic heterocycles. The van der Waals surface area contributed by atoms with Crippen LogP contribution in [0.1, 0.15) is 39.5 Å². The van der Waals surface area contributed by atoms with Gasteiger partial charge in [-0.3, -0.25) is 4.79 Å². The van der Waals surface area contributed by atoms with Gasteiger partial charge in [-0.25, -0.2) is 0 Å². The first-order valence-corrected chi connectivity index (χ1v) is 8.68. The van der Waals surface area contributed by atoms with E-state index < -0.39 is 0 Å². The Labute approximate surface area is 128 Å². The highest BCUT2D eigenvalue weighted by atomic mass is 16.5. The fourth-order valence-corrected chi connectivity index (χ4v) is 4.66. The molecule has 1 amide bonds. The summed E-state index contributed by atoms with van der Waals surface area (Å²) in [6.45, 7) is 7.17. The summed E-state index contributed by atoms with van der Waals surface area (Å²) in [7, 11) is 1.94. The average Bonchev–Trinajstić information content (AvgIpc) is 2.61. The van der Waals surface area contributed by atoms with Crippen molar-refractivity contribution < 1.29 is 9.53 Å². The molecule has 3 aliphatic heterocycles. The van der Waals surface area contributed by atoms with E-state index in [9.17, 15) is 4.79 Å². The lowest BCUT2D eigenvalue weighted by atomic mass is 9.70. The third-order valence-corrected chi connectivity index (χ3v) is 5.71. The van der Waals surface area contributed by atoms with Crippen molar-refractivity contribution >= 4 is 5.91 Å². The summed E-state index contributed by atoms with van der Waals surface area (Å²) in [5.41, 5.74) is 0. The van der Waals surface area contributed by atoms with E-state index in [0.29, 0.717) is 36.3 Å². The molecule has 0 radical (unpaired) electrons. The molecule has 0 aromatic rings. The normalized spacial score (nSPS) is 40.7. The summed E-state index contributed by atoms with van der Waals surface area (Å²) in [5.74, 6) is 2.17. The molecule has 3 rings (SSSR count). The molecule has 0 bridgehead atoms. The number of hydrogen-bond donors (Lipinski definition) is 1. The Balaban J connectivity index is 1.83. The van der Waals surface area contributed by atoms with Crippen LogP contribution in [0, 0.1) is 23.7 Å². The van der Waals surface area contributed by atoms with Crippen molar-refractivity contribution in [3.05, 3.63) is 0 Å². The largest absolute Gasteiger partial charge is 0.376 e. The van der Waals surface area contributed by atoms with Gasteiger partial charge >= 0.3 is 0 Å². The lowest BCUT2D eigenvalue weighted by Gasteiger charge is -2.43. The number of hydrogen-bond acceptors (Lipinski definition) is 3. The Kier molecular flexibility index (Phi) is 4.55. The number of rotatable bonds is 2. The Bertz CT molecular complexity index is 385. The van der Waals surface area contributed by atoms with Gasteiger partial charge in [0.1, 0.15) is 0 Å². The van der Waals surface area contributed by atoms with Crippen molar-refractivity contribution in [1.29, 1.82) is 0 Å². The van der Waals surface area contributed by atoms with Gasteiger partial charge in [0, 0.05) is 19.6 Å². The minimum atomic E-state index is 0.0910. The Morgan fingerprint density at radius 1 is 1.33 bits per heavy atom. The third kappa shape index (κ3) is 2.98. The highest BCUT2D eigenvalue weighted by Gasteiger charge is 2.47. The molecular formula is C17H30N2O2. The summed E-state index contributed by atoms with van der Waals surface area (Å²) in [5, 5.41) is 3.73. The van der Waals surface area contributed by atoms with Crippen LogP contribution in [0.5, 0.6) is 0 Å². The minimum Gasteiger partial charge on any atom is -0.376 e. The van der Waals surface area contributed by atoms with Crippen LogP contribution < -0.4 is 5.32 Å². The standard InChI is InChI=1S/C17H30N2O2/c1-11(2)9-15-16-13(5-4-7-18-16)12-6-8-19(3)17(20)14(12)10-21-15/h11-16,18H,4-10H2,1-3H3/t12-,13+,14+,15-,16+/m1/s1. The quantitative estimate of drug-likeness (QED) is 0.845. The summed E-state index contributed by atoms with van der Waals surface area (Å²) in [6, 6.07) is 0.451. The van der Waals surface area contributed by atoms with Crippen molar-refractivity contribution in [3.8, 4) is 0 Å². The van der Waals surface area contributed by atoms with Gasteiger partial charge in [0.2, 0.25) is 5.91 Å². The maximum absolute atomic E-state index is 12.5. The molecule has 4 heteroatoms. The van der Waals surface area contributed by atoms with Gasteiger partial charge in [-0.15, -0.1) is 0 Å². The maximum Gasteiger partial charge on any atom is 0.228 e. The Morgan fingerprint density at radius 2 is 2.14 bits per heavy atom. The molecule has 0 saturated carbocycles. The number of nitrogens with zero attached hydrogens (tertiary/aromatic N) is 1. The molecule has 3 aliphatic rings. The molecule has 0 aliphatic carbocycles. The van der Waals surface area contributed by atoms with E-state index in [1.807, 2.05) is 11.9 Å². The van der Waals surface area contributed by atoms with Gasteiger partial charge in [-0.2, -0.15) is 0 Å². The lowest BCUT2D eigenvalue weighted by Crippen LogP contribution is -2.53. The van der Waals surface area contributed by atoms with Crippen molar-refractivity contribution in [2.45, 2.75) is 51.7 Å². The molecule has 3 saturated heterocycles. The number of piperidine rings is 2. The number of ether oxygens (including phenoxy) is 1. The van der Waals surface area contributed by atoms with Gasteiger partial charge in [-0.05, 0) is 50.0 Å². The predicted octanol–water partition coefficient (Wildman–Crippen LogP) is 1.89. The van der Waals surface area contributed by atoms with E-state index >= 15 is 0 Å². The maximum atomic E-state index is 12.5. The van der Waals surface area contributed by atoms with E-state index in [1.165, 1.54) is 12.8 Å². The molecule has 0 aromatic carbocycles. The fourth-order valence-electron chi connectivity index (χ4n) is 4.66. The summed E-state index contributed by atoms with van der Waals surface area (Å²) in [6.07, 6.45) is 5.01. The van der Waals surface area contributed by atoms with E-state index in [4.69, 9.17) is 4.74 Å². The molecule has 1 N–H and O–H groups in total. The van der Waals surface area contributed by atoms with Gasteiger partial charge < -0.3 is 15.0 Å². The molecule has 0 unspecified atom stereocenters. The monoisotopic (exact) mass is 294 g/mol. The molecule has 4 nitrogen and oxygen atoms in total. The molecule has 0 spiro atoms. The summed E-state index contributed by atoms with van der Waals surface area (Å²) >= 11 is 0. The zero-order valence-electron chi connectivity index (χ0n) is 13.7. The predicted molar refractivity (Wildman–Crippen MR) is 82.9 cm³/mol. The zero-order valence-corrected chi connectivity index (χ0v) is 13.7. The van der Waals surface area contributed by atoms with E-state index in [0.717, 1.165) is 25.9 Å². The smallest absolute Gasteiger partial charge is 0.228 e. The first kappa shape index (κ1) is 15.3. The highest BCUT2D eigenvalue weighted by molar-refractivity contribution is 5.80. The van der Waals surface area contributed by atoms with Crippen molar-refractivity contribution in [2.24, 2.45) is 23.7 Å². The van der Waals surface area contributed by atoms with Crippen LogP contribution in [0.25, 0.3) is 0 Å². The second kappa shape index (κ2) is 6.25. The number of nitrogens with one attached hydrogen (secondary N) is 1. The second-order valence-corrected chi connectivity index (χ2v) is 7.61. The Hall–Kier alpha value is -0.610. The van der Waals surface area contributed by atoms with Crippen LogP contribution in [-0.4, -0.2) is 49.7 Å². The average molecular weight is 294 g/mol. The second-order valence-electron chi connectivity index (χ2n) is 7.61. The molecular weight excluding hydrogens is 264 g/mol.